The maximum atomic E-state index is 12.0. The van der Waals surface area contributed by atoms with Crippen molar-refractivity contribution in [1.82, 2.24) is 5.32 Å². The van der Waals surface area contributed by atoms with Gasteiger partial charge in [-0.2, -0.15) is 0 Å². The number of furan rings is 1. The predicted molar refractivity (Wildman–Crippen MR) is 84.5 cm³/mol. The van der Waals surface area contributed by atoms with Crippen LogP contribution in [-0.4, -0.2) is 6.03 Å². The summed E-state index contributed by atoms with van der Waals surface area (Å²) in [6, 6.07) is 11.2. The van der Waals surface area contributed by atoms with E-state index < -0.39 is 0 Å². The van der Waals surface area contributed by atoms with Crippen LogP contribution in [0.15, 0.2) is 40.8 Å². The lowest BCUT2D eigenvalue weighted by Gasteiger charge is -2.14. The summed E-state index contributed by atoms with van der Waals surface area (Å²) in [5, 5.41) is 5.72. The molecule has 0 radical (unpaired) electrons. The number of carbonyl (C=O) groups excluding carboxylic acids is 1. The molecular formula is C17H22N2O2. The first kappa shape index (κ1) is 15.2. The maximum absolute atomic E-state index is 12.0. The number of aryl methyl sites for hydroxylation is 1. The van der Waals surface area contributed by atoms with E-state index in [1.165, 1.54) is 5.56 Å². The third-order valence-electron chi connectivity index (χ3n) is 3.35. The number of carbonyl (C=O) groups is 1. The molecule has 2 amide bonds. The standard InChI is InChI=1S/C17H22N2O2/c1-11(2)14-6-5-7-15(10-14)19-17(20)18-13(4)16-9-8-12(3)21-16/h5-11,13H,1-4H3,(H2,18,19,20). The molecule has 0 saturated heterocycles. The molecule has 0 fully saturated rings. The number of hydrogen-bond donors (Lipinski definition) is 2. The number of amides is 2. The highest BCUT2D eigenvalue weighted by Crippen LogP contribution is 2.19. The first-order valence-electron chi connectivity index (χ1n) is 7.19. The van der Waals surface area contributed by atoms with Gasteiger partial charge in [0.05, 0.1) is 6.04 Å². The van der Waals surface area contributed by atoms with Gasteiger partial charge in [-0.1, -0.05) is 26.0 Å². The molecule has 1 atom stereocenters. The predicted octanol–water partition coefficient (Wildman–Crippen LogP) is 4.59. The molecule has 0 aliphatic rings. The van der Waals surface area contributed by atoms with Crippen LogP contribution in [0.2, 0.25) is 0 Å². The minimum Gasteiger partial charge on any atom is -0.464 e. The highest BCUT2D eigenvalue weighted by Gasteiger charge is 2.13. The van der Waals surface area contributed by atoms with Gasteiger partial charge in [-0.25, -0.2) is 4.79 Å². The highest BCUT2D eigenvalue weighted by atomic mass is 16.3. The fraction of sp³-hybridized carbons (Fsp3) is 0.353. The van der Waals surface area contributed by atoms with Crippen molar-refractivity contribution in [3.63, 3.8) is 0 Å². The van der Waals surface area contributed by atoms with Crippen molar-refractivity contribution in [3.05, 3.63) is 53.5 Å². The van der Waals surface area contributed by atoms with Gasteiger partial charge in [-0.05, 0) is 49.6 Å². The Hall–Kier alpha value is -2.23. The van der Waals surface area contributed by atoms with E-state index >= 15 is 0 Å². The van der Waals surface area contributed by atoms with Gasteiger partial charge in [-0.15, -0.1) is 0 Å². The Balaban J connectivity index is 1.97. The number of urea groups is 1. The van der Waals surface area contributed by atoms with E-state index in [2.05, 4.69) is 30.5 Å². The van der Waals surface area contributed by atoms with Gasteiger partial charge in [0.15, 0.2) is 0 Å². The average molecular weight is 286 g/mol. The summed E-state index contributed by atoms with van der Waals surface area (Å²) in [6.45, 7) is 8.02. The molecule has 2 N–H and O–H groups in total. The summed E-state index contributed by atoms with van der Waals surface area (Å²) >= 11 is 0. The topological polar surface area (TPSA) is 54.3 Å². The molecule has 2 aromatic rings. The molecule has 1 aromatic carbocycles. The number of nitrogens with one attached hydrogen (secondary N) is 2. The molecule has 112 valence electrons. The first-order valence-corrected chi connectivity index (χ1v) is 7.19. The summed E-state index contributed by atoms with van der Waals surface area (Å²) < 4.78 is 5.50. The Morgan fingerprint density at radius 1 is 1.14 bits per heavy atom. The Morgan fingerprint density at radius 3 is 2.52 bits per heavy atom. The van der Waals surface area contributed by atoms with Gasteiger partial charge in [0.2, 0.25) is 0 Å². The normalized spacial score (nSPS) is 12.2. The van der Waals surface area contributed by atoms with Gasteiger partial charge < -0.3 is 15.1 Å². The molecule has 2 rings (SSSR count). The van der Waals surface area contributed by atoms with E-state index in [0.717, 1.165) is 17.2 Å². The van der Waals surface area contributed by atoms with Crippen LogP contribution in [0, 0.1) is 6.92 Å². The van der Waals surface area contributed by atoms with Gasteiger partial charge in [-0.3, -0.25) is 0 Å². The van der Waals surface area contributed by atoms with Crippen LogP contribution in [0.3, 0.4) is 0 Å². The Bertz CT molecular complexity index is 617. The fourth-order valence-electron chi connectivity index (χ4n) is 2.10. The summed E-state index contributed by atoms with van der Waals surface area (Å²) in [4.78, 5) is 12.0. The van der Waals surface area contributed by atoms with E-state index in [9.17, 15) is 4.79 Å². The second-order valence-corrected chi connectivity index (χ2v) is 5.55. The molecule has 21 heavy (non-hydrogen) atoms. The molecule has 0 bridgehead atoms. The van der Waals surface area contributed by atoms with Crippen LogP contribution in [0.1, 0.15) is 49.8 Å². The van der Waals surface area contributed by atoms with Crippen LogP contribution in [0.5, 0.6) is 0 Å². The van der Waals surface area contributed by atoms with E-state index in [1.54, 1.807) is 0 Å². The molecule has 0 spiro atoms. The minimum atomic E-state index is -0.238. The molecule has 1 heterocycles. The Kier molecular flexibility index (Phi) is 4.68. The van der Waals surface area contributed by atoms with Gasteiger partial charge >= 0.3 is 6.03 Å². The maximum Gasteiger partial charge on any atom is 0.319 e. The Morgan fingerprint density at radius 2 is 1.90 bits per heavy atom. The molecule has 4 heteroatoms. The summed E-state index contributed by atoms with van der Waals surface area (Å²) in [5.74, 6) is 2.02. The quantitative estimate of drug-likeness (QED) is 0.863. The molecule has 0 aliphatic carbocycles. The summed E-state index contributed by atoms with van der Waals surface area (Å²) in [6.07, 6.45) is 0. The third-order valence-corrected chi connectivity index (χ3v) is 3.35. The van der Waals surface area contributed by atoms with Gasteiger partial charge in [0, 0.05) is 5.69 Å². The van der Waals surface area contributed by atoms with Crippen LogP contribution in [0.25, 0.3) is 0 Å². The number of hydrogen-bond acceptors (Lipinski definition) is 2. The fourth-order valence-corrected chi connectivity index (χ4v) is 2.10. The third kappa shape index (κ3) is 4.12. The van der Waals surface area contributed by atoms with Crippen molar-refractivity contribution in [3.8, 4) is 0 Å². The monoisotopic (exact) mass is 286 g/mol. The lowest BCUT2D eigenvalue weighted by molar-refractivity contribution is 0.247. The zero-order valence-corrected chi connectivity index (χ0v) is 12.9. The van der Waals surface area contributed by atoms with E-state index in [-0.39, 0.29) is 12.1 Å². The lowest BCUT2D eigenvalue weighted by atomic mass is 10.0. The molecular weight excluding hydrogens is 264 g/mol. The van der Waals surface area contributed by atoms with Crippen molar-refractivity contribution in [2.45, 2.75) is 39.7 Å². The lowest BCUT2D eigenvalue weighted by Crippen LogP contribution is -2.31. The highest BCUT2D eigenvalue weighted by molar-refractivity contribution is 5.89. The minimum absolute atomic E-state index is 0.174. The zero-order chi connectivity index (χ0) is 15.4. The SMILES string of the molecule is Cc1ccc(C(C)NC(=O)Nc2cccc(C(C)C)c2)o1. The summed E-state index contributed by atoms with van der Waals surface area (Å²) in [5.41, 5.74) is 1.99. The van der Waals surface area contributed by atoms with Crippen LogP contribution in [0.4, 0.5) is 10.5 Å². The van der Waals surface area contributed by atoms with Crippen molar-refractivity contribution in [1.29, 1.82) is 0 Å². The first-order chi connectivity index (χ1) is 9.95. The van der Waals surface area contributed by atoms with E-state index in [4.69, 9.17) is 4.42 Å². The molecule has 4 nitrogen and oxygen atoms in total. The van der Waals surface area contributed by atoms with Crippen molar-refractivity contribution in [2.24, 2.45) is 0 Å². The molecule has 0 aliphatic heterocycles. The van der Waals surface area contributed by atoms with Crippen molar-refractivity contribution < 1.29 is 9.21 Å². The second kappa shape index (κ2) is 6.48. The molecule has 1 aromatic heterocycles. The Labute approximate surface area is 125 Å². The number of anilines is 1. The largest absolute Gasteiger partial charge is 0.464 e. The number of rotatable bonds is 4. The van der Waals surface area contributed by atoms with Crippen LogP contribution >= 0.6 is 0 Å². The molecule has 1 unspecified atom stereocenters. The van der Waals surface area contributed by atoms with E-state index in [1.807, 2.05) is 44.2 Å². The van der Waals surface area contributed by atoms with Crippen molar-refractivity contribution in [2.75, 3.05) is 5.32 Å². The number of benzene rings is 1. The second-order valence-electron chi connectivity index (χ2n) is 5.55. The van der Waals surface area contributed by atoms with E-state index in [0.29, 0.717) is 5.92 Å². The van der Waals surface area contributed by atoms with Crippen LogP contribution < -0.4 is 10.6 Å². The van der Waals surface area contributed by atoms with Gasteiger partial charge in [0.25, 0.3) is 0 Å². The average Bonchev–Trinajstić information content (AvgIpc) is 2.85. The van der Waals surface area contributed by atoms with Crippen LogP contribution in [-0.2, 0) is 0 Å². The molecule has 0 saturated carbocycles. The van der Waals surface area contributed by atoms with Gasteiger partial charge in [0.1, 0.15) is 11.5 Å². The summed E-state index contributed by atoms with van der Waals surface area (Å²) in [7, 11) is 0. The smallest absolute Gasteiger partial charge is 0.319 e. The van der Waals surface area contributed by atoms with Crippen molar-refractivity contribution >= 4 is 11.7 Å². The zero-order valence-electron chi connectivity index (χ0n) is 12.9.